The summed E-state index contributed by atoms with van der Waals surface area (Å²) in [5.41, 5.74) is 4.78. The van der Waals surface area contributed by atoms with Crippen LogP contribution in [0.15, 0.2) is 42.9 Å². The number of likely N-dealkylation sites (tertiary alicyclic amines) is 1. The van der Waals surface area contributed by atoms with Gasteiger partial charge in [0.2, 0.25) is 0 Å². The Hall–Kier alpha value is -2.51. The Bertz CT molecular complexity index is 903. The number of benzene rings is 1. The lowest BCUT2D eigenvalue weighted by Crippen LogP contribution is -2.47. The van der Waals surface area contributed by atoms with Crippen LogP contribution in [0.2, 0.25) is 0 Å². The average Bonchev–Trinajstić information content (AvgIpc) is 3.33. The molecule has 4 heterocycles. The predicted octanol–water partition coefficient (Wildman–Crippen LogP) is 2.12. The van der Waals surface area contributed by atoms with Gasteiger partial charge in [0, 0.05) is 32.0 Å². The average molecular weight is 350 g/mol. The van der Waals surface area contributed by atoms with E-state index >= 15 is 0 Å². The molecule has 7 heteroatoms. The predicted molar refractivity (Wildman–Crippen MR) is 95.8 cm³/mol. The topological polar surface area (TPSA) is 61.0 Å². The molecule has 2 atom stereocenters. The van der Waals surface area contributed by atoms with Crippen LogP contribution in [0.4, 0.5) is 0 Å². The van der Waals surface area contributed by atoms with E-state index in [2.05, 4.69) is 50.1 Å². The molecule has 0 bridgehead atoms. The van der Waals surface area contributed by atoms with Crippen molar-refractivity contribution in [2.45, 2.75) is 38.6 Å². The maximum atomic E-state index is 6.03. The van der Waals surface area contributed by atoms with Crippen molar-refractivity contribution in [3.8, 4) is 5.69 Å². The number of rotatable bonds is 3. The normalized spacial score (nSPS) is 22.8. The zero-order chi connectivity index (χ0) is 17.5. The molecule has 0 N–H and O–H groups in total. The minimum absolute atomic E-state index is 0.239. The summed E-state index contributed by atoms with van der Waals surface area (Å²) in [5, 5.41) is 12.8. The second kappa shape index (κ2) is 6.34. The van der Waals surface area contributed by atoms with E-state index < -0.39 is 0 Å². The fourth-order valence-electron chi connectivity index (χ4n) is 4.10. The molecule has 0 aliphatic carbocycles. The minimum Gasteiger partial charge on any atom is -0.370 e. The first-order chi connectivity index (χ1) is 12.8. The molecule has 7 nitrogen and oxygen atoms in total. The Kier molecular flexibility index (Phi) is 3.83. The highest BCUT2D eigenvalue weighted by Crippen LogP contribution is 2.31. The summed E-state index contributed by atoms with van der Waals surface area (Å²) in [6, 6.07) is 8.77. The van der Waals surface area contributed by atoms with E-state index in [4.69, 9.17) is 4.74 Å². The fraction of sp³-hybridized carbons (Fsp3) is 0.421. The van der Waals surface area contributed by atoms with Crippen LogP contribution in [-0.2, 0) is 17.9 Å². The van der Waals surface area contributed by atoms with E-state index in [1.165, 1.54) is 11.1 Å². The van der Waals surface area contributed by atoms with Crippen molar-refractivity contribution < 1.29 is 4.74 Å². The van der Waals surface area contributed by atoms with E-state index in [1.807, 2.05) is 29.3 Å². The second-order valence-corrected chi connectivity index (χ2v) is 7.19. The van der Waals surface area contributed by atoms with Crippen molar-refractivity contribution in [1.82, 2.24) is 29.7 Å². The fourth-order valence-corrected chi connectivity index (χ4v) is 4.10. The molecular formula is C19H22N6O. The van der Waals surface area contributed by atoms with Gasteiger partial charge in [-0.3, -0.25) is 4.90 Å². The molecule has 1 saturated heterocycles. The summed E-state index contributed by atoms with van der Waals surface area (Å²) in [4.78, 5) is 2.49. The SMILES string of the molecule is Cc1ccc(-n2cccn2)c(CN2CC[C@H]3OCc4cnnn4[C@H]3C2)c1. The van der Waals surface area contributed by atoms with Crippen molar-refractivity contribution in [3.63, 3.8) is 0 Å². The molecule has 0 unspecified atom stereocenters. The number of hydrogen-bond acceptors (Lipinski definition) is 5. The van der Waals surface area contributed by atoms with Crippen LogP contribution in [0.5, 0.6) is 0 Å². The standard InChI is InChI=1S/C19H22N6O/c1-14-3-4-17(24-7-2-6-21-24)15(9-14)11-23-8-5-19-18(12-23)25-16(13-26-19)10-20-22-25/h2-4,6-7,9-10,18-19H,5,8,11-13H2,1H3/t18-,19+/m0/s1. The summed E-state index contributed by atoms with van der Waals surface area (Å²) in [6.45, 7) is 5.60. The lowest BCUT2D eigenvalue weighted by atomic mass is 9.99. The van der Waals surface area contributed by atoms with Gasteiger partial charge in [0.15, 0.2) is 0 Å². The highest BCUT2D eigenvalue weighted by Gasteiger charge is 2.36. The maximum Gasteiger partial charge on any atom is 0.0930 e. The van der Waals surface area contributed by atoms with Gasteiger partial charge in [-0.15, -0.1) is 5.10 Å². The molecular weight excluding hydrogens is 328 g/mol. The van der Waals surface area contributed by atoms with Gasteiger partial charge >= 0.3 is 0 Å². The van der Waals surface area contributed by atoms with Crippen LogP contribution in [0, 0.1) is 6.92 Å². The van der Waals surface area contributed by atoms with Crippen molar-refractivity contribution >= 4 is 0 Å². The second-order valence-electron chi connectivity index (χ2n) is 7.19. The Morgan fingerprint density at radius 3 is 3.15 bits per heavy atom. The molecule has 134 valence electrons. The van der Waals surface area contributed by atoms with E-state index in [0.717, 1.165) is 37.4 Å². The lowest BCUT2D eigenvalue weighted by molar-refractivity contribution is -0.0669. The van der Waals surface area contributed by atoms with Crippen LogP contribution >= 0.6 is 0 Å². The van der Waals surface area contributed by atoms with Gasteiger partial charge < -0.3 is 4.74 Å². The third-order valence-electron chi connectivity index (χ3n) is 5.39. The van der Waals surface area contributed by atoms with Crippen LogP contribution in [0.1, 0.15) is 29.3 Å². The smallest absolute Gasteiger partial charge is 0.0930 e. The Morgan fingerprint density at radius 1 is 1.31 bits per heavy atom. The van der Waals surface area contributed by atoms with E-state index in [-0.39, 0.29) is 12.1 Å². The highest BCUT2D eigenvalue weighted by molar-refractivity contribution is 5.42. The van der Waals surface area contributed by atoms with Crippen molar-refractivity contribution in [2.75, 3.05) is 13.1 Å². The molecule has 0 radical (unpaired) electrons. The van der Waals surface area contributed by atoms with Gasteiger partial charge in [-0.25, -0.2) is 9.36 Å². The summed E-state index contributed by atoms with van der Waals surface area (Å²) in [7, 11) is 0. The first-order valence-corrected chi connectivity index (χ1v) is 9.10. The van der Waals surface area contributed by atoms with Gasteiger partial charge in [0.05, 0.1) is 36.3 Å². The molecule has 1 fully saturated rings. The number of fused-ring (bicyclic) bond motifs is 3. The Labute approximate surface area is 152 Å². The van der Waals surface area contributed by atoms with E-state index in [9.17, 15) is 0 Å². The molecule has 0 amide bonds. The van der Waals surface area contributed by atoms with Gasteiger partial charge in [0.25, 0.3) is 0 Å². The van der Waals surface area contributed by atoms with Gasteiger partial charge in [-0.1, -0.05) is 22.9 Å². The largest absolute Gasteiger partial charge is 0.370 e. The Morgan fingerprint density at radius 2 is 2.27 bits per heavy atom. The molecule has 2 aliphatic heterocycles. The summed E-state index contributed by atoms with van der Waals surface area (Å²) in [5.74, 6) is 0. The number of aromatic nitrogens is 5. The number of piperidine rings is 1. The maximum absolute atomic E-state index is 6.03. The molecule has 2 aromatic heterocycles. The Balaban J connectivity index is 1.41. The van der Waals surface area contributed by atoms with Crippen LogP contribution in [0.3, 0.4) is 0 Å². The van der Waals surface area contributed by atoms with E-state index in [1.54, 1.807) is 0 Å². The van der Waals surface area contributed by atoms with Gasteiger partial charge in [0.1, 0.15) is 0 Å². The molecule has 0 saturated carbocycles. The summed E-state index contributed by atoms with van der Waals surface area (Å²) in [6.07, 6.45) is 6.89. The molecule has 0 spiro atoms. The van der Waals surface area contributed by atoms with Gasteiger partial charge in [-0.05, 0) is 31.0 Å². The van der Waals surface area contributed by atoms with Crippen molar-refractivity contribution in [2.24, 2.45) is 0 Å². The van der Waals surface area contributed by atoms with Crippen LogP contribution in [-0.4, -0.2) is 48.9 Å². The quantitative estimate of drug-likeness (QED) is 0.724. The number of hydrogen-bond donors (Lipinski definition) is 0. The van der Waals surface area contributed by atoms with Crippen molar-refractivity contribution in [1.29, 1.82) is 0 Å². The first-order valence-electron chi connectivity index (χ1n) is 9.10. The monoisotopic (exact) mass is 350 g/mol. The number of nitrogens with zero attached hydrogens (tertiary/aromatic N) is 6. The highest BCUT2D eigenvalue weighted by atomic mass is 16.5. The lowest BCUT2D eigenvalue weighted by Gasteiger charge is -2.41. The van der Waals surface area contributed by atoms with Crippen LogP contribution < -0.4 is 0 Å². The molecule has 3 aromatic rings. The third kappa shape index (κ3) is 2.73. The van der Waals surface area contributed by atoms with Gasteiger partial charge in [-0.2, -0.15) is 5.10 Å². The minimum atomic E-state index is 0.239. The number of aryl methyl sites for hydroxylation is 1. The summed E-state index contributed by atoms with van der Waals surface area (Å²) >= 11 is 0. The number of ether oxygens (including phenoxy) is 1. The summed E-state index contributed by atoms with van der Waals surface area (Å²) < 4.78 is 10.0. The molecule has 26 heavy (non-hydrogen) atoms. The van der Waals surface area contributed by atoms with Crippen molar-refractivity contribution in [3.05, 3.63) is 59.7 Å². The van der Waals surface area contributed by atoms with E-state index in [0.29, 0.717) is 6.61 Å². The molecule has 2 aliphatic rings. The first kappa shape index (κ1) is 15.7. The zero-order valence-corrected chi connectivity index (χ0v) is 14.8. The molecule has 1 aromatic carbocycles. The van der Waals surface area contributed by atoms with Crippen LogP contribution in [0.25, 0.3) is 5.69 Å². The molecule has 5 rings (SSSR count). The zero-order valence-electron chi connectivity index (χ0n) is 14.8. The third-order valence-corrected chi connectivity index (χ3v) is 5.39.